The molecule has 0 saturated heterocycles. The van der Waals surface area contributed by atoms with Crippen LogP contribution in [0, 0.1) is 0 Å². The van der Waals surface area contributed by atoms with Crippen LogP contribution < -0.4 is 10.1 Å². The molecule has 0 aromatic carbocycles. The lowest BCUT2D eigenvalue weighted by molar-refractivity contribution is 0.209. The lowest BCUT2D eigenvalue weighted by atomic mass is 10.4. The SMILES string of the molecule is COc1ccc(NC(=O)O)nc1. The fraction of sp³-hybridized carbons (Fsp3) is 0.143. The molecule has 5 heteroatoms. The molecule has 1 rings (SSSR count). The number of aromatic nitrogens is 1. The standard InChI is InChI=1S/C7H8N2O3/c1-12-5-2-3-6(8-4-5)9-7(10)11/h2-4H,1H3,(H,8,9)(H,10,11). The van der Waals surface area contributed by atoms with Crippen LogP contribution in [0.4, 0.5) is 10.6 Å². The van der Waals surface area contributed by atoms with Crippen LogP contribution in [0.3, 0.4) is 0 Å². The summed E-state index contributed by atoms with van der Waals surface area (Å²) in [4.78, 5) is 13.9. The lowest BCUT2D eigenvalue weighted by Gasteiger charge is -2.00. The van der Waals surface area contributed by atoms with Gasteiger partial charge in [-0.2, -0.15) is 0 Å². The molecule has 1 amide bonds. The Morgan fingerprint density at radius 3 is 2.83 bits per heavy atom. The third-order valence-electron chi connectivity index (χ3n) is 1.21. The Morgan fingerprint density at radius 2 is 2.42 bits per heavy atom. The fourth-order valence-electron chi connectivity index (χ4n) is 0.685. The number of hydrogen-bond donors (Lipinski definition) is 2. The highest BCUT2D eigenvalue weighted by atomic mass is 16.5. The predicted octanol–water partition coefficient (Wildman–Crippen LogP) is 1.18. The number of carboxylic acid groups (broad SMARTS) is 1. The van der Waals surface area contributed by atoms with Crippen LogP contribution in [0.2, 0.25) is 0 Å². The number of carbonyl (C=O) groups is 1. The van der Waals surface area contributed by atoms with E-state index in [1.807, 2.05) is 0 Å². The van der Waals surface area contributed by atoms with Crippen molar-refractivity contribution in [3.8, 4) is 5.75 Å². The maximum Gasteiger partial charge on any atom is 0.410 e. The Labute approximate surface area is 69.0 Å². The van der Waals surface area contributed by atoms with Gasteiger partial charge in [0.05, 0.1) is 13.3 Å². The zero-order valence-corrected chi connectivity index (χ0v) is 6.44. The maximum atomic E-state index is 10.1. The molecule has 0 atom stereocenters. The van der Waals surface area contributed by atoms with Gasteiger partial charge in [0.2, 0.25) is 0 Å². The molecule has 0 aliphatic heterocycles. The number of nitrogens with one attached hydrogen (secondary N) is 1. The first-order valence-electron chi connectivity index (χ1n) is 3.22. The Kier molecular flexibility index (Phi) is 2.47. The maximum absolute atomic E-state index is 10.1. The first-order valence-corrected chi connectivity index (χ1v) is 3.22. The van der Waals surface area contributed by atoms with E-state index >= 15 is 0 Å². The highest BCUT2D eigenvalue weighted by molar-refractivity contribution is 5.81. The first-order chi connectivity index (χ1) is 5.72. The van der Waals surface area contributed by atoms with E-state index in [1.54, 1.807) is 6.07 Å². The lowest BCUT2D eigenvalue weighted by Crippen LogP contribution is -2.08. The molecule has 5 nitrogen and oxygen atoms in total. The fourth-order valence-corrected chi connectivity index (χ4v) is 0.685. The summed E-state index contributed by atoms with van der Waals surface area (Å²) >= 11 is 0. The normalized spacial score (nSPS) is 9.08. The Morgan fingerprint density at radius 1 is 1.67 bits per heavy atom. The molecule has 0 spiro atoms. The van der Waals surface area contributed by atoms with E-state index in [9.17, 15) is 4.79 Å². The molecule has 0 radical (unpaired) electrons. The number of amides is 1. The molecule has 2 N–H and O–H groups in total. The number of ether oxygens (including phenoxy) is 1. The predicted molar refractivity (Wildman–Crippen MR) is 42.4 cm³/mol. The van der Waals surface area contributed by atoms with Crippen molar-refractivity contribution < 1.29 is 14.6 Å². The number of nitrogens with zero attached hydrogens (tertiary/aromatic N) is 1. The molecule has 0 saturated carbocycles. The minimum atomic E-state index is -1.13. The van der Waals surface area contributed by atoms with Crippen LogP contribution >= 0.6 is 0 Å². The van der Waals surface area contributed by atoms with Crippen molar-refractivity contribution in [2.24, 2.45) is 0 Å². The molecule has 1 aromatic rings. The Hall–Kier alpha value is -1.78. The van der Waals surface area contributed by atoms with E-state index in [1.165, 1.54) is 19.4 Å². The van der Waals surface area contributed by atoms with Gasteiger partial charge in [0.15, 0.2) is 0 Å². The summed E-state index contributed by atoms with van der Waals surface area (Å²) in [5.41, 5.74) is 0. The van der Waals surface area contributed by atoms with Crippen LogP contribution in [0.25, 0.3) is 0 Å². The third-order valence-corrected chi connectivity index (χ3v) is 1.21. The van der Waals surface area contributed by atoms with Crippen molar-refractivity contribution >= 4 is 11.9 Å². The summed E-state index contributed by atoms with van der Waals surface area (Å²) in [7, 11) is 1.52. The molecular formula is C7H8N2O3. The van der Waals surface area contributed by atoms with Gasteiger partial charge in [-0.1, -0.05) is 0 Å². The van der Waals surface area contributed by atoms with Gasteiger partial charge in [-0.3, -0.25) is 5.32 Å². The van der Waals surface area contributed by atoms with Crippen molar-refractivity contribution in [2.75, 3.05) is 12.4 Å². The van der Waals surface area contributed by atoms with Gasteiger partial charge < -0.3 is 9.84 Å². The Balaban J connectivity index is 2.71. The minimum absolute atomic E-state index is 0.281. The highest BCUT2D eigenvalue weighted by Gasteiger charge is 1.98. The van der Waals surface area contributed by atoms with Gasteiger partial charge in [0.1, 0.15) is 11.6 Å². The molecule has 0 fully saturated rings. The zero-order chi connectivity index (χ0) is 8.97. The second-order valence-electron chi connectivity index (χ2n) is 2.01. The zero-order valence-electron chi connectivity index (χ0n) is 6.44. The van der Waals surface area contributed by atoms with E-state index in [0.717, 1.165) is 0 Å². The van der Waals surface area contributed by atoms with E-state index in [2.05, 4.69) is 10.3 Å². The smallest absolute Gasteiger partial charge is 0.410 e. The van der Waals surface area contributed by atoms with Crippen LogP contribution in [0.15, 0.2) is 18.3 Å². The van der Waals surface area contributed by atoms with Crippen LogP contribution in [-0.4, -0.2) is 23.3 Å². The summed E-state index contributed by atoms with van der Waals surface area (Å²) in [5, 5.41) is 10.4. The van der Waals surface area contributed by atoms with Gasteiger partial charge in [0.25, 0.3) is 0 Å². The van der Waals surface area contributed by atoms with Gasteiger partial charge in [0, 0.05) is 0 Å². The van der Waals surface area contributed by atoms with Crippen LogP contribution in [0.5, 0.6) is 5.75 Å². The summed E-state index contributed by atoms with van der Waals surface area (Å²) in [6.07, 6.45) is 0.304. The number of pyridine rings is 1. The molecule has 0 bridgehead atoms. The molecule has 1 aromatic heterocycles. The van der Waals surface area contributed by atoms with E-state index in [-0.39, 0.29) is 5.82 Å². The number of hydrogen-bond acceptors (Lipinski definition) is 3. The highest BCUT2D eigenvalue weighted by Crippen LogP contribution is 2.10. The molecule has 0 aliphatic rings. The second kappa shape index (κ2) is 3.56. The monoisotopic (exact) mass is 168 g/mol. The largest absolute Gasteiger partial charge is 0.495 e. The van der Waals surface area contributed by atoms with Gasteiger partial charge in [-0.25, -0.2) is 9.78 Å². The number of anilines is 1. The molecule has 0 unspecified atom stereocenters. The quantitative estimate of drug-likeness (QED) is 0.695. The van der Waals surface area contributed by atoms with Crippen molar-refractivity contribution in [2.45, 2.75) is 0 Å². The summed E-state index contributed by atoms with van der Waals surface area (Å²) in [5.74, 6) is 0.870. The third kappa shape index (κ3) is 2.12. The minimum Gasteiger partial charge on any atom is -0.495 e. The summed E-state index contributed by atoms with van der Waals surface area (Å²) < 4.78 is 4.84. The van der Waals surface area contributed by atoms with Gasteiger partial charge >= 0.3 is 6.09 Å². The molecule has 64 valence electrons. The van der Waals surface area contributed by atoms with Gasteiger partial charge in [-0.15, -0.1) is 0 Å². The molecular weight excluding hydrogens is 160 g/mol. The van der Waals surface area contributed by atoms with E-state index < -0.39 is 6.09 Å². The van der Waals surface area contributed by atoms with Crippen LogP contribution in [0.1, 0.15) is 0 Å². The Bertz CT molecular complexity index is 270. The number of methoxy groups -OCH3 is 1. The van der Waals surface area contributed by atoms with Gasteiger partial charge in [-0.05, 0) is 12.1 Å². The second-order valence-corrected chi connectivity index (χ2v) is 2.01. The molecule has 12 heavy (non-hydrogen) atoms. The first kappa shape index (κ1) is 8.32. The average Bonchev–Trinajstić information content (AvgIpc) is 2.05. The van der Waals surface area contributed by atoms with Crippen LogP contribution in [-0.2, 0) is 0 Å². The van der Waals surface area contributed by atoms with E-state index in [4.69, 9.17) is 9.84 Å². The summed E-state index contributed by atoms with van der Waals surface area (Å²) in [6, 6.07) is 3.14. The van der Waals surface area contributed by atoms with E-state index in [0.29, 0.717) is 5.75 Å². The van der Waals surface area contributed by atoms with Crippen molar-refractivity contribution in [1.82, 2.24) is 4.98 Å². The topological polar surface area (TPSA) is 71.5 Å². The van der Waals surface area contributed by atoms with Crippen molar-refractivity contribution in [1.29, 1.82) is 0 Å². The molecule has 0 aliphatic carbocycles. The molecule has 1 heterocycles. The number of rotatable bonds is 2. The van der Waals surface area contributed by atoms with Crippen molar-refractivity contribution in [3.05, 3.63) is 18.3 Å². The van der Waals surface area contributed by atoms with Crippen molar-refractivity contribution in [3.63, 3.8) is 0 Å². The summed E-state index contributed by atoms with van der Waals surface area (Å²) in [6.45, 7) is 0. The average molecular weight is 168 g/mol.